The van der Waals surface area contributed by atoms with Gasteiger partial charge < -0.3 is 10.2 Å². The minimum atomic E-state index is -3.40. The summed E-state index contributed by atoms with van der Waals surface area (Å²) in [5, 5.41) is 3.54. The standard InChI is InChI=1S/C21H25N3O5S/c1-14(23-20(26)16-7-8-18-15(11-16)5-3-9-22-18)21(27)24-10-4-6-17(12-24)19(25)13-30(2,28)29/h3,5,7-9,11,14,17H,4,6,10,12-13H2,1-2H3,(H,23,26)/t14-,17?/m1/s1. The summed E-state index contributed by atoms with van der Waals surface area (Å²) in [6.07, 6.45) is 3.88. The van der Waals surface area contributed by atoms with Crippen LogP contribution >= 0.6 is 0 Å². The van der Waals surface area contributed by atoms with E-state index < -0.39 is 27.5 Å². The van der Waals surface area contributed by atoms with Gasteiger partial charge in [0, 0.05) is 42.4 Å². The number of aromatic nitrogens is 1. The molecule has 3 rings (SSSR count). The second-order valence-corrected chi connectivity index (χ2v) is 9.91. The van der Waals surface area contributed by atoms with E-state index in [1.165, 1.54) is 4.90 Å². The zero-order valence-corrected chi connectivity index (χ0v) is 17.8. The van der Waals surface area contributed by atoms with Crippen LogP contribution in [0.3, 0.4) is 0 Å². The SMILES string of the molecule is C[C@@H](NC(=O)c1ccc2ncccc2c1)C(=O)N1CCCC(C(=O)CS(C)(=O)=O)C1. The number of ketones is 1. The van der Waals surface area contributed by atoms with Gasteiger partial charge in [-0.3, -0.25) is 19.4 Å². The Kier molecular flexibility index (Phi) is 6.50. The number of rotatable bonds is 6. The van der Waals surface area contributed by atoms with E-state index in [0.717, 1.165) is 17.2 Å². The molecule has 0 spiro atoms. The molecule has 30 heavy (non-hydrogen) atoms. The number of benzene rings is 1. The molecule has 2 atom stereocenters. The smallest absolute Gasteiger partial charge is 0.251 e. The fourth-order valence-corrected chi connectivity index (χ4v) is 4.40. The average molecular weight is 432 g/mol. The lowest BCUT2D eigenvalue weighted by Gasteiger charge is -2.33. The number of pyridine rings is 1. The number of Topliss-reactive ketones (excluding diaryl/α,β-unsaturated/α-hetero) is 1. The number of nitrogens with one attached hydrogen (secondary N) is 1. The van der Waals surface area contributed by atoms with Crippen LogP contribution in [-0.4, -0.2) is 67.0 Å². The lowest BCUT2D eigenvalue weighted by Crippen LogP contribution is -2.51. The molecule has 1 unspecified atom stereocenters. The molecular weight excluding hydrogens is 406 g/mol. The van der Waals surface area contributed by atoms with E-state index in [-0.39, 0.29) is 24.1 Å². The molecule has 0 bridgehead atoms. The van der Waals surface area contributed by atoms with Crippen molar-refractivity contribution in [1.29, 1.82) is 0 Å². The first-order chi connectivity index (χ1) is 14.1. The Hall–Kier alpha value is -2.81. The van der Waals surface area contributed by atoms with E-state index in [2.05, 4.69) is 10.3 Å². The number of carbonyl (C=O) groups is 3. The van der Waals surface area contributed by atoms with Crippen LogP contribution in [0.15, 0.2) is 36.5 Å². The first kappa shape index (κ1) is 21.9. The molecular formula is C21H25N3O5S. The van der Waals surface area contributed by atoms with Crippen LogP contribution in [0.5, 0.6) is 0 Å². The molecule has 1 aromatic heterocycles. The predicted octanol–water partition coefficient (Wildman–Crippen LogP) is 1.21. The monoisotopic (exact) mass is 431 g/mol. The molecule has 9 heteroatoms. The van der Waals surface area contributed by atoms with Crippen LogP contribution < -0.4 is 5.32 Å². The number of sulfone groups is 1. The van der Waals surface area contributed by atoms with Crippen molar-refractivity contribution in [2.24, 2.45) is 5.92 Å². The van der Waals surface area contributed by atoms with Gasteiger partial charge in [0.05, 0.1) is 5.52 Å². The Bertz CT molecular complexity index is 1080. The summed E-state index contributed by atoms with van der Waals surface area (Å²) in [5.41, 5.74) is 1.20. The molecule has 0 radical (unpaired) electrons. The summed E-state index contributed by atoms with van der Waals surface area (Å²) < 4.78 is 22.8. The average Bonchev–Trinajstić information content (AvgIpc) is 2.71. The van der Waals surface area contributed by atoms with Crippen molar-refractivity contribution < 1.29 is 22.8 Å². The first-order valence-corrected chi connectivity index (χ1v) is 11.8. The maximum atomic E-state index is 12.8. The minimum absolute atomic E-state index is 0.176. The van der Waals surface area contributed by atoms with Crippen LogP contribution in [0.25, 0.3) is 10.9 Å². The Labute approximate surface area is 175 Å². The topological polar surface area (TPSA) is 114 Å². The molecule has 0 aliphatic carbocycles. The summed E-state index contributed by atoms with van der Waals surface area (Å²) >= 11 is 0. The number of piperidine rings is 1. The van der Waals surface area contributed by atoms with Crippen LogP contribution in [0.2, 0.25) is 0 Å². The van der Waals surface area contributed by atoms with Gasteiger partial charge in [-0.1, -0.05) is 6.07 Å². The normalized spacial score (nSPS) is 18.1. The number of hydrogen-bond donors (Lipinski definition) is 1. The molecule has 1 aromatic carbocycles. The summed E-state index contributed by atoms with van der Waals surface area (Å²) in [7, 11) is -3.40. The molecule has 1 aliphatic rings. The lowest BCUT2D eigenvalue weighted by atomic mass is 9.94. The number of hydrogen-bond acceptors (Lipinski definition) is 6. The quantitative estimate of drug-likeness (QED) is 0.735. The fraction of sp³-hybridized carbons (Fsp3) is 0.429. The minimum Gasteiger partial charge on any atom is -0.341 e. The van der Waals surface area contributed by atoms with Gasteiger partial charge in [0.1, 0.15) is 11.8 Å². The lowest BCUT2D eigenvalue weighted by molar-refractivity contribution is -0.136. The number of amides is 2. The van der Waals surface area contributed by atoms with E-state index in [9.17, 15) is 22.8 Å². The Morgan fingerprint density at radius 2 is 2.03 bits per heavy atom. The number of nitrogens with zero attached hydrogens (tertiary/aromatic N) is 2. The largest absolute Gasteiger partial charge is 0.341 e. The zero-order valence-electron chi connectivity index (χ0n) is 17.0. The van der Waals surface area contributed by atoms with E-state index in [4.69, 9.17) is 0 Å². The van der Waals surface area contributed by atoms with E-state index in [1.807, 2.05) is 6.07 Å². The third kappa shape index (κ3) is 5.41. The molecule has 160 valence electrons. The third-order valence-electron chi connectivity index (χ3n) is 5.18. The van der Waals surface area contributed by atoms with Crippen molar-refractivity contribution in [2.45, 2.75) is 25.8 Å². The van der Waals surface area contributed by atoms with Crippen molar-refractivity contribution in [3.05, 3.63) is 42.1 Å². The van der Waals surface area contributed by atoms with Gasteiger partial charge in [-0.25, -0.2) is 8.42 Å². The second kappa shape index (κ2) is 8.91. The summed E-state index contributed by atoms with van der Waals surface area (Å²) in [6, 6.07) is 7.99. The molecule has 0 saturated carbocycles. The van der Waals surface area contributed by atoms with E-state index in [1.54, 1.807) is 37.4 Å². The zero-order chi connectivity index (χ0) is 21.9. The van der Waals surface area contributed by atoms with Gasteiger partial charge in [0.25, 0.3) is 5.91 Å². The van der Waals surface area contributed by atoms with Crippen molar-refractivity contribution in [3.63, 3.8) is 0 Å². The van der Waals surface area contributed by atoms with Crippen molar-refractivity contribution in [3.8, 4) is 0 Å². The molecule has 2 amide bonds. The Balaban J connectivity index is 1.62. The highest BCUT2D eigenvalue weighted by Gasteiger charge is 2.32. The highest BCUT2D eigenvalue weighted by Crippen LogP contribution is 2.19. The molecule has 8 nitrogen and oxygen atoms in total. The Morgan fingerprint density at radius 1 is 1.27 bits per heavy atom. The number of carbonyl (C=O) groups excluding carboxylic acids is 3. The van der Waals surface area contributed by atoms with Crippen LogP contribution in [0.4, 0.5) is 0 Å². The van der Waals surface area contributed by atoms with Crippen LogP contribution in [0.1, 0.15) is 30.1 Å². The molecule has 2 aromatic rings. The van der Waals surface area contributed by atoms with Gasteiger partial charge in [0.2, 0.25) is 5.91 Å². The first-order valence-electron chi connectivity index (χ1n) is 9.79. The van der Waals surface area contributed by atoms with Crippen molar-refractivity contribution in [1.82, 2.24) is 15.2 Å². The van der Waals surface area contributed by atoms with Gasteiger partial charge in [-0.2, -0.15) is 0 Å². The van der Waals surface area contributed by atoms with Crippen LogP contribution in [-0.2, 0) is 19.4 Å². The van der Waals surface area contributed by atoms with E-state index >= 15 is 0 Å². The maximum Gasteiger partial charge on any atom is 0.251 e. The number of likely N-dealkylation sites (tertiary alicyclic amines) is 1. The molecule has 1 fully saturated rings. The van der Waals surface area contributed by atoms with Gasteiger partial charge in [0.15, 0.2) is 15.6 Å². The van der Waals surface area contributed by atoms with Crippen molar-refractivity contribution in [2.75, 3.05) is 25.1 Å². The molecule has 2 heterocycles. The van der Waals surface area contributed by atoms with Gasteiger partial charge in [-0.05, 0) is 44.0 Å². The van der Waals surface area contributed by atoms with Crippen LogP contribution in [0, 0.1) is 5.92 Å². The summed E-state index contributed by atoms with van der Waals surface area (Å²) in [6.45, 7) is 2.25. The van der Waals surface area contributed by atoms with Gasteiger partial charge >= 0.3 is 0 Å². The maximum absolute atomic E-state index is 12.8. The fourth-order valence-electron chi connectivity index (χ4n) is 3.65. The molecule has 1 N–H and O–H groups in total. The highest BCUT2D eigenvalue weighted by molar-refractivity contribution is 7.91. The number of fused-ring (bicyclic) bond motifs is 1. The molecule has 1 aliphatic heterocycles. The van der Waals surface area contributed by atoms with Crippen molar-refractivity contribution >= 4 is 38.3 Å². The van der Waals surface area contributed by atoms with Gasteiger partial charge in [-0.15, -0.1) is 0 Å². The molecule has 1 saturated heterocycles. The summed E-state index contributed by atoms with van der Waals surface area (Å²) in [4.78, 5) is 43.4. The summed E-state index contributed by atoms with van der Waals surface area (Å²) in [5.74, 6) is -2.03. The highest BCUT2D eigenvalue weighted by atomic mass is 32.2. The third-order valence-corrected chi connectivity index (χ3v) is 5.98. The Morgan fingerprint density at radius 3 is 2.77 bits per heavy atom. The second-order valence-electron chi connectivity index (χ2n) is 7.77. The predicted molar refractivity (Wildman–Crippen MR) is 113 cm³/mol. The van der Waals surface area contributed by atoms with E-state index in [0.29, 0.717) is 24.9 Å².